The van der Waals surface area contributed by atoms with Crippen molar-refractivity contribution in [1.29, 1.82) is 0 Å². The number of rotatable bonds is 4. The summed E-state index contributed by atoms with van der Waals surface area (Å²) < 4.78 is 3.46. The Kier molecular flexibility index (Phi) is 5.49. The maximum absolute atomic E-state index is 5.83. The molecule has 29 heavy (non-hydrogen) atoms. The Morgan fingerprint density at radius 2 is 1.93 bits per heavy atom. The molecule has 0 saturated carbocycles. The van der Waals surface area contributed by atoms with Crippen LogP contribution in [0, 0.1) is 20.8 Å². The molecule has 3 aromatic rings. The van der Waals surface area contributed by atoms with Crippen molar-refractivity contribution in [2.24, 2.45) is 0 Å². The topological polar surface area (TPSA) is 33.1 Å². The van der Waals surface area contributed by atoms with Crippen molar-refractivity contribution in [2.45, 2.75) is 46.3 Å². The first-order valence-corrected chi connectivity index (χ1v) is 11.1. The zero-order valence-corrected chi connectivity index (χ0v) is 19.5. The molecule has 1 fully saturated rings. The molecular weight excluding hydrogens is 444 g/mol. The maximum Gasteiger partial charge on any atom is 0.174 e. The summed E-state index contributed by atoms with van der Waals surface area (Å²) in [5.74, 6) is 0. The van der Waals surface area contributed by atoms with E-state index >= 15 is 0 Å². The van der Waals surface area contributed by atoms with Gasteiger partial charge in [-0.2, -0.15) is 0 Å². The molecule has 0 radical (unpaired) electrons. The van der Waals surface area contributed by atoms with E-state index in [1.54, 1.807) is 0 Å². The molecule has 150 valence electrons. The second kappa shape index (κ2) is 7.92. The van der Waals surface area contributed by atoms with Crippen LogP contribution in [0.4, 0.5) is 5.69 Å². The first kappa shape index (κ1) is 20.1. The molecule has 0 aliphatic carbocycles. The Bertz CT molecular complexity index is 1060. The van der Waals surface area contributed by atoms with Gasteiger partial charge in [-0.1, -0.05) is 22.0 Å². The summed E-state index contributed by atoms with van der Waals surface area (Å²) >= 11 is 9.45. The number of aromatic nitrogens is 2. The number of nitrogens with zero attached hydrogens (tertiary/aromatic N) is 3. The Balaban J connectivity index is 1.89. The zero-order valence-electron chi connectivity index (χ0n) is 17.1. The number of nitrogens with one attached hydrogen (secondary N) is 1. The second-order valence-corrected chi connectivity index (χ2v) is 8.74. The molecule has 3 heterocycles. The third kappa shape index (κ3) is 3.49. The predicted octanol–water partition coefficient (Wildman–Crippen LogP) is 5.77. The van der Waals surface area contributed by atoms with Crippen LogP contribution in [0.25, 0.3) is 0 Å². The number of hydrogen-bond acceptors (Lipinski definition) is 2. The van der Waals surface area contributed by atoms with Gasteiger partial charge in [0.1, 0.15) is 0 Å². The molecule has 2 atom stereocenters. The van der Waals surface area contributed by atoms with Gasteiger partial charge >= 0.3 is 0 Å². The molecule has 0 bridgehead atoms. The van der Waals surface area contributed by atoms with Gasteiger partial charge in [-0.3, -0.25) is 4.98 Å². The summed E-state index contributed by atoms with van der Waals surface area (Å²) in [6.45, 7) is 9.62. The highest BCUT2D eigenvalue weighted by Crippen LogP contribution is 2.43. The molecule has 2 aromatic heterocycles. The summed E-state index contributed by atoms with van der Waals surface area (Å²) in [5.41, 5.74) is 7.11. The molecule has 0 spiro atoms. The normalized spacial score (nSPS) is 18.9. The van der Waals surface area contributed by atoms with Gasteiger partial charge < -0.3 is 14.8 Å². The molecule has 1 aromatic carbocycles. The van der Waals surface area contributed by atoms with Gasteiger partial charge in [0.15, 0.2) is 5.11 Å². The lowest BCUT2D eigenvalue weighted by Gasteiger charge is -2.28. The molecule has 1 aliphatic heterocycles. The monoisotopic (exact) mass is 468 g/mol. The first-order valence-electron chi connectivity index (χ1n) is 9.85. The van der Waals surface area contributed by atoms with Crippen LogP contribution in [0.15, 0.2) is 53.1 Å². The maximum atomic E-state index is 5.83. The molecule has 1 saturated heterocycles. The van der Waals surface area contributed by atoms with Gasteiger partial charge in [-0.15, -0.1) is 0 Å². The fourth-order valence-corrected chi connectivity index (χ4v) is 4.93. The van der Waals surface area contributed by atoms with E-state index in [4.69, 9.17) is 12.2 Å². The van der Waals surface area contributed by atoms with E-state index in [0.717, 1.165) is 27.5 Å². The molecule has 0 amide bonds. The number of hydrogen-bond donors (Lipinski definition) is 1. The summed E-state index contributed by atoms with van der Waals surface area (Å²) in [6.07, 6.45) is 1.85. The molecule has 4 rings (SSSR count). The molecule has 0 unspecified atom stereocenters. The molecule has 1 aliphatic rings. The van der Waals surface area contributed by atoms with Crippen LogP contribution >= 0.6 is 28.1 Å². The molecule has 6 heteroatoms. The number of pyridine rings is 1. The summed E-state index contributed by atoms with van der Waals surface area (Å²) in [4.78, 5) is 6.89. The first-order chi connectivity index (χ1) is 13.9. The van der Waals surface area contributed by atoms with Crippen LogP contribution in [-0.2, 0) is 6.54 Å². The van der Waals surface area contributed by atoms with Gasteiger partial charge in [0.05, 0.1) is 17.8 Å². The standard InChI is InChI=1S/C23H25BrN4S/c1-5-27-15(3)13-18(16(27)4)22-21(20-8-6-7-11-25-20)26-23(29)28(22)17-9-10-19(24)14(2)12-17/h6-13,21-22H,5H2,1-4H3,(H,26,29)/t21-,22-/m0/s1. The smallest absolute Gasteiger partial charge is 0.174 e. The lowest BCUT2D eigenvalue weighted by Crippen LogP contribution is -2.29. The molecule has 4 nitrogen and oxygen atoms in total. The van der Waals surface area contributed by atoms with E-state index in [1.807, 2.05) is 18.3 Å². The minimum atomic E-state index is -0.0153. The number of halogens is 1. The zero-order chi connectivity index (χ0) is 20.7. The average molecular weight is 469 g/mol. The van der Waals surface area contributed by atoms with Gasteiger partial charge in [-0.25, -0.2) is 0 Å². The number of benzene rings is 1. The summed E-state index contributed by atoms with van der Waals surface area (Å²) in [7, 11) is 0. The minimum absolute atomic E-state index is 0.0153. The van der Waals surface area contributed by atoms with Crippen LogP contribution in [-0.4, -0.2) is 14.7 Å². The van der Waals surface area contributed by atoms with Gasteiger partial charge in [0, 0.05) is 34.3 Å². The van der Waals surface area contributed by atoms with E-state index < -0.39 is 0 Å². The number of aryl methyl sites for hydroxylation is 2. The van der Waals surface area contributed by atoms with Gasteiger partial charge in [-0.05, 0) is 87.4 Å². The van der Waals surface area contributed by atoms with E-state index in [2.05, 4.69) is 93.7 Å². The summed E-state index contributed by atoms with van der Waals surface area (Å²) in [6, 6.07) is 14.8. The fourth-order valence-electron chi connectivity index (χ4n) is 4.34. The predicted molar refractivity (Wildman–Crippen MR) is 126 cm³/mol. The lowest BCUT2D eigenvalue weighted by atomic mass is 9.96. The van der Waals surface area contributed by atoms with Crippen molar-refractivity contribution in [3.05, 3.63) is 81.3 Å². The largest absolute Gasteiger partial charge is 0.351 e. The van der Waals surface area contributed by atoms with Crippen LogP contribution < -0.4 is 10.2 Å². The highest BCUT2D eigenvalue weighted by molar-refractivity contribution is 9.10. The van der Waals surface area contributed by atoms with E-state index in [9.17, 15) is 0 Å². The van der Waals surface area contributed by atoms with Gasteiger partial charge in [0.2, 0.25) is 0 Å². The van der Waals surface area contributed by atoms with Crippen LogP contribution in [0.3, 0.4) is 0 Å². The van der Waals surface area contributed by atoms with Crippen molar-refractivity contribution < 1.29 is 0 Å². The molecular formula is C23H25BrN4S. The van der Waals surface area contributed by atoms with E-state index in [1.165, 1.54) is 22.5 Å². The van der Waals surface area contributed by atoms with Crippen LogP contribution in [0.2, 0.25) is 0 Å². The van der Waals surface area contributed by atoms with Crippen molar-refractivity contribution in [3.63, 3.8) is 0 Å². The van der Waals surface area contributed by atoms with E-state index in [-0.39, 0.29) is 12.1 Å². The Hall–Kier alpha value is -2.18. The van der Waals surface area contributed by atoms with Crippen molar-refractivity contribution >= 4 is 38.9 Å². The highest BCUT2D eigenvalue weighted by Gasteiger charge is 2.42. The molecule has 1 N–H and O–H groups in total. The second-order valence-electron chi connectivity index (χ2n) is 7.50. The van der Waals surface area contributed by atoms with Crippen molar-refractivity contribution in [1.82, 2.24) is 14.9 Å². The third-order valence-corrected chi connectivity index (χ3v) is 6.97. The summed E-state index contributed by atoms with van der Waals surface area (Å²) in [5, 5.41) is 4.28. The SMILES string of the molecule is CCn1c(C)cc([C@H]2[C@H](c3ccccn3)NC(=S)N2c2ccc(Br)c(C)c2)c1C. The number of anilines is 1. The van der Waals surface area contributed by atoms with Crippen LogP contribution in [0.1, 0.15) is 47.2 Å². The minimum Gasteiger partial charge on any atom is -0.351 e. The Labute approximate surface area is 186 Å². The Morgan fingerprint density at radius 1 is 1.14 bits per heavy atom. The van der Waals surface area contributed by atoms with E-state index in [0.29, 0.717) is 0 Å². The third-order valence-electron chi connectivity index (χ3n) is 5.77. The average Bonchev–Trinajstić information content (AvgIpc) is 3.20. The highest BCUT2D eigenvalue weighted by atomic mass is 79.9. The van der Waals surface area contributed by atoms with Gasteiger partial charge in [0.25, 0.3) is 0 Å². The number of thiocarbonyl (C=S) groups is 1. The quantitative estimate of drug-likeness (QED) is 0.492. The lowest BCUT2D eigenvalue weighted by molar-refractivity contribution is 0.563. The van der Waals surface area contributed by atoms with Crippen molar-refractivity contribution in [2.75, 3.05) is 4.90 Å². The van der Waals surface area contributed by atoms with Crippen molar-refractivity contribution in [3.8, 4) is 0 Å². The van der Waals surface area contributed by atoms with Crippen LogP contribution in [0.5, 0.6) is 0 Å². The fraction of sp³-hybridized carbons (Fsp3) is 0.304. The Morgan fingerprint density at radius 3 is 2.55 bits per heavy atom.